The first-order valence-electron chi connectivity index (χ1n) is 5.38. The van der Waals surface area contributed by atoms with Crippen LogP contribution in [0.4, 0.5) is 5.69 Å². The molecule has 0 amide bonds. The summed E-state index contributed by atoms with van der Waals surface area (Å²) in [6.07, 6.45) is 0. The first-order valence-corrected chi connectivity index (χ1v) is 7.91. The highest BCUT2D eigenvalue weighted by Crippen LogP contribution is 2.23. The van der Waals surface area contributed by atoms with E-state index in [0.717, 1.165) is 5.01 Å². The van der Waals surface area contributed by atoms with Crippen LogP contribution in [0.3, 0.4) is 0 Å². The molecule has 96 valence electrons. The van der Waals surface area contributed by atoms with Gasteiger partial charge >= 0.3 is 0 Å². The molecule has 0 saturated heterocycles. The Labute approximate surface area is 110 Å². The van der Waals surface area contributed by atoms with Crippen molar-refractivity contribution in [3.05, 3.63) is 39.8 Å². The van der Waals surface area contributed by atoms with Gasteiger partial charge in [-0.05, 0) is 31.5 Å². The van der Waals surface area contributed by atoms with E-state index < -0.39 is 9.84 Å². The van der Waals surface area contributed by atoms with E-state index in [1.54, 1.807) is 24.4 Å². The van der Waals surface area contributed by atoms with Gasteiger partial charge in [0.2, 0.25) is 0 Å². The first-order chi connectivity index (χ1) is 8.38. The second kappa shape index (κ2) is 4.70. The molecule has 18 heavy (non-hydrogen) atoms. The average molecular weight is 282 g/mol. The van der Waals surface area contributed by atoms with Gasteiger partial charge in [-0.3, -0.25) is 0 Å². The Balaban J connectivity index is 2.39. The summed E-state index contributed by atoms with van der Waals surface area (Å²) in [5.41, 5.74) is 7.38. The van der Waals surface area contributed by atoms with E-state index >= 15 is 0 Å². The van der Waals surface area contributed by atoms with Crippen LogP contribution >= 0.6 is 11.3 Å². The highest BCUT2D eigenvalue weighted by molar-refractivity contribution is 7.90. The Morgan fingerprint density at radius 1 is 1.33 bits per heavy atom. The standard InChI is InChI=1S/C12H14N2O2S2/c1-8-3-4-10(13)5-12(8)18(15,16)7-11-6-17-9(2)14-11/h3-6H,7,13H2,1-2H3. The summed E-state index contributed by atoms with van der Waals surface area (Å²) in [4.78, 5) is 4.47. The third-order valence-electron chi connectivity index (χ3n) is 2.55. The van der Waals surface area contributed by atoms with Gasteiger partial charge in [-0.15, -0.1) is 11.3 Å². The van der Waals surface area contributed by atoms with Crippen LogP contribution in [0.2, 0.25) is 0 Å². The second-order valence-electron chi connectivity index (χ2n) is 4.14. The van der Waals surface area contributed by atoms with Gasteiger partial charge < -0.3 is 5.73 Å². The Morgan fingerprint density at radius 3 is 2.67 bits per heavy atom. The molecule has 0 fully saturated rings. The molecule has 4 nitrogen and oxygen atoms in total. The smallest absolute Gasteiger partial charge is 0.184 e. The molecule has 0 atom stereocenters. The number of hydrogen-bond acceptors (Lipinski definition) is 5. The monoisotopic (exact) mass is 282 g/mol. The number of sulfone groups is 1. The number of nitrogen functional groups attached to an aromatic ring is 1. The molecule has 0 aliphatic carbocycles. The number of nitrogens with two attached hydrogens (primary N) is 1. The maximum atomic E-state index is 12.3. The van der Waals surface area contributed by atoms with Gasteiger partial charge in [0, 0.05) is 11.1 Å². The highest BCUT2D eigenvalue weighted by Gasteiger charge is 2.19. The third kappa shape index (κ3) is 2.70. The fraction of sp³-hybridized carbons (Fsp3) is 0.250. The lowest BCUT2D eigenvalue weighted by Crippen LogP contribution is -2.07. The Morgan fingerprint density at radius 2 is 2.06 bits per heavy atom. The predicted molar refractivity (Wildman–Crippen MR) is 73.3 cm³/mol. The van der Waals surface area contributed by atoms with Crippen LogP contribution in [0, 0.1) is 13.8 Å². The van der Waals surface area contributed by atoms with Gasteiger partial charge in [0.1, 0.15) is 0 Å². The number of thiazole rings is 1. The van der Waals surface area contributed by atoms with Crippen molar-refractivity contribution in [3.8, 4) is 0 Å². The topological polar surface area (TPSA) is 73.0 Å². The van der Waals surface area contributed by atoms with Crippen molar-refractivity contribution in [1.82, 2.24) is 4.98 Å². The summed E-state index contributed by atoms with van der Waals surface area (Å²) in [6, 6.07) is 4.92. The van der Waals surface area contributed by atoms with E-state index in [2.05, 4.69) is 4.98 Å². The zero-order valence-electron chi connectivity index (χ0n) is 10.2. The van der Waals surface area contributed by atoms with Gasteiger partial charge in [-0.1, -0.05) is 6.07 Å². The molecule has 0 aliphatic heterocycles. The van der Waals surface area contributed by atoms with Crippen molar-refractivity contribution in [2.45, 2.75) is 24.5 Å². The Bertz CT molecular complexity index is 675. The summed E-state index contributed by atoms with van der Waals surface area (Å²) in [7, 11) is -3.39. The lowest BCUT2D eigenvalue weighted by molar-refractivity contribution is 0.594. The molecule has 6 heteroatoms. The third-order valence-corrected chi connectivity index (χ3v) is 5.16. The molecular formula is C12H14N2O2S2. The SMILES string of the molecule is Cc1nc(CS(=O)(=O)c2cc(N)ccc2C)cs1. The second-order valence-corrected chi connectivity index (χ2v) is 7.16. The minimum Gasteiger partial charge on any atom is -0.399 e. The van der Waals surface area contributed by atoms with Gasteiger partial charge in [0.05, 0.1) is 21.3 Å². The van der Waals surface area contributed by atoms with Crippen LogP contribution in [-0.4, -0.2) is 13.4 Å². The average Bonchev–Trinajstić information content (AvgIpc) is 2.66. The van der Waals surface area contributed by atoms with Crippen molar-refractivity contribution < 1.29 is 8.42 Å². The molecule has 0 spiro atoms. The van der Waals surface area contributed by atoms with E-state index in [-0.39, 0.29) is 10.6 Å². The van der Waals surface area contributed by atoms with Crippen LogP contribution in [-0.2, 0) is 15.6 Å². The molecule has 0 saturated carbocycles. The summed E-state index contributed by atoms with van der Waals surface area (Å²) in [5, 5.41) is 2.64. The lowest BCUT2D eigenvalue weighted by atomic mass is 10.2. The number of aromatic nitrogens is 1. The Kier molecular flexibility index (Phi) is 3.41. The van der Waals surface area contributed by atoms with Gasteiger partial charge in [-0.2, -0.15) is 0 Å². The molecule has 0 unspecified atom stereocenters. The zero-order chi connectivity index (χ0) is 13.3. The molecule has 1 aromatic heterocycles. The highest BCUT2D eigenvalue weighted by atomic mass is 32.2. The minimum atomic E-state index is -3.39. The number of nitrogens with zero attached hydrogens (tertiary/aromatic N) is 1. The fourth-order valence-electron chi connectivity index (χ4n) is 1.70. The number of aryl methyl sites for hydroxylation is 2. The number of benzene rings is 1. The normalized spacial score (nSPS) is 11.7. The first kappa shape index (κ1) is 13.0. The summed E-state index contributed by atoms with van der Waals surface area (Å²) in [6.45, 7) is 3.62. The number of anilines is 1. The van der Waals surface area contributed by atoms with Gasteiger partial charge in [-0.25, -0.2) is 13.4 Å². The van der Waals surface area contributed by atoms with Gasteiger partial charge in [0.15, 0.2) is 9.84 Å². The quantitative estimate of drug-likeness (QED) is 0.877. The molecule has 0 radical (unpaired) electrons. The van der Waals surface area contributed by atoms with Gasteiger partial charge in [0.25, 0.3) is 0 Å². The predicted octanol–water partition coefficient (Wildman–Crippen LogP) is 2.32. The van der Waals surface area contributed by atoms with Crippen LogP contribution < -0.4 is 5.73 Å². The molecule has 0 bridgehead atoms. The van der Waals surface area contributed by atoms with Crippen LogP contribution in [0.5, 0.6) is 0 Å². The Hall–Kier alpha value is -1.40. The van der Waals surface area contributed by atoms with Crippen LogP contribution in [0.25, 0.3) is 0 Å². The van der Waals surface area contributed by atoms with E-state index in [9.17, 15) is 8.42 Å². The summed E-state index contributed by atoms with van der Waals surface area (Å²) in [5.74, 6) is -0.0817. The van der Waals surface area contributed by atoms with E-state index in [4.69, 9.17) is 5.73 Å². The zero-order valence-corrected chi connectivity index (χ0v) is 11.8. The maximum Gasteiger partial charge on any atom is 0.184 e. The van der Waals surface area contributed by atoms with Crippen molar-refractivity contribution in [2.75, 3.05) is 5.73 Å². The van der Waals surface area contributed by atoms with Crippen molar-refractivity contribution in [1.29, 1.82) is 0 Å². The van der Waals surface area contributed by atoms with Crippen molar-refractivity contribution in [2.24, 2.45) is 0 Å². The van der Waals surface area contributed by atoms with E-state index in [1.807, 2.05) is 6.92 Å². The summed E-state index contributed by atoms with van der Waals surface area (Å²) < 4.78 is 24.6. The minimum absolute atomic E-state index is 0.0817. The number of rotatable bonds is 3. The van der Waals surface area contributed by atoms with Crippen LogP contribution in [0.15, 0.2) is 28.5 Å². The lowest BCUT2D eigenvalue weighted by Gasteiger charge is -2.07. The van der Waals surface area contributed by atoms with E-state index in [0.29, 0.717) is 16.9 Å². The van der Waals surface area contributed by atoms with E-state index in [1.165, 1.54) is 17.4 Å². The summed E-state index contributed by atoms with van der Waals surface area (Å²) >= 11 is 1.45. The fourth-order valence-corrected chi connectivity index (χ4v) is 3.98. The maximum absolute atomic E-state index is 12.3. The molecule has 0 aliphatic rings. The van der Waals surface area contributed by atoms with Crippen LogP contribution in [0.1, 0.15) is 16.3 Å². The molecule has 2 aromatic rings. The largest absolute Gasteiger partial charge is 0.399 e. The molecule has 1 aromatic carbocycles. The molecular weight excluding hydrogens is 268 g/mol. The van der Waals surface area contributed by atoms with Crippen molar-refractivity contribution in [3.63, 3.8) is 0 Å². The molecule has 2 rings (SSSR count). The molecule has 2 N–H and O–H groups in total. The van der Waals surface area contributed by atoms with Crippen molar-refractivity contribution >= 4 is 26.9 Å². The number of hydrogen-bond donors (Lipinski definition) is 1. The molecule has 1 heterocycles.